The molecule has 1 N–H and O–H groups in total. The van der Waals surface area contributed by atoms with Crippen molar-refractivity contribution < 1.29 is 5.11 Å². The number of likely N-dealkylation sites (tertiary alicyclic amines) is 1. The first-order valence-corrected chi connectivity index (χ1v) is 6.65. The molecule has 2 unspecified atom stereocenters. The topological polar surface area (TPSA) is 41.3 Å². The molecule has 0 radical (unpaired) electrons. The Morgan fingerprint density at radius 1 is 1.41 bits per heavy atom. The Morgan fingerprint density at radius 3 is 3.00 bits per heavy atom. The first kappa shape index (κ1) is 12.6. The van der Waals surface area contributed by atoms with Crippen LogP contribution in [0, 0.1) is 0 Å². The van der Waals surface area contributed by atoms with Crippen molar-refractivity contribution in [3.8, 4) is 0 Å². The van der Waals surface area contributed by atoms with Crippen molar-refractivity contribution >= 4 is 0 Å². The van der Waals surface area contributed by atoms with Gasteiger partial charge in [-0.3, -0.25) is 4.90 Å². The molecular weight excluding hydrogens is 214 g/mol. The third kappa shape index (κ3) is 3.54. The molecule has 4 nitrogen and oxygen atoms in total. The minimum atomic E-state index is -0.205. The van der Waals surface area contributed by atoms with Crippen LogP contribution in [0.5, 0.6) is 0 Å². The zero-order chi connectivity index (χ0) is 12.1. The van der Waals surface area contributed by atoms with E-state index in [2.05, 4.69) is 14.5 Å². The summed E-state index contributed by atoms with van der Waals surface area (Å²) < 4.78 is 2.11. The number of piperidine rings is 1. The molecular formula is C13H23N3O. The van der Waals surface area contributed by atoms with Crippen LogP contribution < -0.4 is 0 Å². The predicted molar refractivity (Wildman–Crippen MR) is 67.7 cm³/mol. The fourth-order valence-corrected chi connectivity index (χ4v) is 2.72. The number of hydrogen-bond acceptors (Lipinski definition) is 3. The van der Waals surface area contributed by atoms with Gasteiger partial charge in [0.05, 0.1) is 12.4 Å². The summed E-state index contributed by atoms with van der Waals surface area (Å²) in [6.07, 6.45) is 10.3. The SMILES string of the molecule is CC(O)C1CCCCN1CCCn1ccnc1. The molecule has 17 heavy (non-hydrogen) atoms. The number of aliphatic hydroxyl groups excluding tert-OH is 1. The van der Waals surface area contributed by atoms with Gasteiger partial charge in [-0.2, -0.15) is 0 Å². The van der Waals surface area contributed by atoms with Crippen molar-refractivity contribution in [3.63, 3.8) is 0 Å². The van der Waals surface area contributed by atoms with Crippen molar-refractivity contribution in [2.75, 3.05) is 13.1 Å². The van der Waals surface area contributed by atoms with E-state index in [-0.39, 0.29) is 6.10 Å². The van der Waals surface area contributed by atoms with E-state index in [1.54, 1.807) is 0 Å². The number of aryl methyl sites for hydroxylation is 1. The van der Waals surface area contributed by atoms with Crippen LogP contribution in [-0.2, 0) is 6.54 Å². The number of imidazole rings is 1. The lowest BCUT2D eigenvalue weighted by Gasteiger charge is -2.37. The molecule has 2 heterocycles. The molecule has 4 heteroatoms. The Morgan fingerprint density at radius 2 is 2.29 bits per heavy atom. The number of hydrogen-bond donors (Lipinski definition) is 1. The fraction of sp³-hybridized carbons (Fsp3) is 0.769. The van der Waals surface area contributed by atoms with Gasteiger partial charge in [0.15, 0.2) is 0 Å². The third-order valence-electron chi connectivity index (χ3n) is 3.64. The quantitative estimate of drug-likeness (QED) is 0.844. The van der Waals surface area contributed by atoms with E-state index in [1.807, 2.05) is 25.6 Å². The maximum absolute atomic E-state index is 9.77. The van der Waals surface area contributed by atoms with Crippen LogP contribution in [-0.4, -0.2) is 44.8 Å². The molecule has 1 aromatic heterocycles. The summed E-state index contributed by atoms with van der Waals surface area (Å²) in [5, 5.41) is 9.77. The van der Waals surface area contributed by atoms with E-state index in [0.29, 0.717) is 6.04 Å². The van der Waals surface area contributed by atoms with Crippen LogP contribution in [0.3, 0.4) is 0 Å². The summed E-state index contributed by atoms with van der Waals surface area (Å²) in [7, 11) is 0. The largest absolute Gasteiger partial charge is 0.392 e. The second-order valence-electron chi connectivity index (χ2n) is 4.99. The average molecular weight is 237 g/mol. The fourth-order valence-electron chi connectivity index (χ4n) is 2.72. The standard InChI is InChI=1S/C13H23N3O/c1-12(17)13-5-2-3-8-16(13)9-4-7-15-10-6-14-11-15/h6,10-13,17H,2-5,7-9H2,1H3. The van der Waals surface area contributed by atoms with E-state index in [1.165, 1.54) is 12.8 Å². The normalized spacial score (nSPS) is 23.8. The molecule has 0 spiro atoms. The summed E-state index contributed by atoms with van der Waals surface area (Å²) in [4.78, 5) is 6.49. The van der Waals surface area contributed by atoms with Gasteiger partial charge in [0.25, 0.3) is 0 Å². The Hall–Kier alpha value is -0.870. The third-order valence-corrected chi connectivity index (χ3v) is 3.64. The van der Waals surface area contributed by atoms with Gasteiger partial charge in [-0.25, -0.2) is 4.98 Å². The van der Waals surface area contributed by atoms with Crippen molar-refractivity contribution in [1.29, 1.82) is 0 Å². The first-order chi connectivity index (χ1) is 8.27. The van der Waals surface area contributed by atoms with Crippen LogP contribution in [0.4, 0.5) is 0 Å². The van der Waals surface area contributed by atoms with Gasteiger partial charge in [0.2, 0.25) is 0 Å². The minimum absolute atomic E-state index is 0.205. The van der Waals surface area contributed by atoms with Crippen LogP contribution >= 0.6 is 0 Å². The lowest BCUT2D eigenvalue weighted by molar-refractivity contribution is 0.0352. The first-order valence-electron chi connectivity index (χ1n) is 6.65. The molecule has 1 aromatic rings. The molecule has 0 aliphatic carbocycles. The zero-order valence-corrected chi connectivity index (χ0v) is 10.6. The minimum Gasteiger partial charge on any atom is -0.392 e. The Balaban J connectivity index is 1.76. The highest BCUT2D eigenvalue weighted by molar-refractivity contribution is 4.81. The van der Waals surface area contributed by atoms with Gasteiger partial charge in [0, 0.05) is 31.5 Å². The molecule has 1 saturated heterocycles. The molecule has 96 valence electrons. The van der Waals surface area contributed by atoms with E-state index in [4.69, 9.17) is 0 Å². The van der Waals surface area contributed by atoms with Gasteiger partial charge >= 0.3 is 0 Å². The van der Waals surface area contributed by atoms with Crippen LogP contribution in [0.2, 0.25) is 0 Å². The average Bonchev–Trinajstić information content (AvgIpc) is 2.82. The Bertz CT molecular complexity index is 310. The molecule has 2 rings (SSSR count). The summed E-state index contributed by atoms with van der Waals surface area (Å²) in [5.74, 6) is 0. The van der Waals surface area contributed by atoms with E-state index in [9.17, 15) is 5.11 Å². The zero-order valence-electron chi connectivity index (χ0n) is 10.6. The van der Waals surface area contributed by atoms with Gasteiger partial charge in [0.1, 0.15) is 0 Å². The van der Waals surface area contributed by atoms with Gasteiger partial charge in [-0.05, 0) is 32.7 Å². The molecule has 0 amide bonds. The Kier molecular flexibility index (Phi) is 4.57. The highest BCUT2D eigenvalue weighted by atomic mass is 16.3. The lowest BCUT2D eigenvalue weighted by atomic mass is 9.98. The number of nitrogens with zero attached hydrogens (tertiary/aromatic N) is 3. The van der Waals surface area contributed by atoms with Crippen LogP contribution in [0.15, 0.2) is 18.7 Å². The van der Waals surface area contributed by atoms with E-state index in [0.717, 1.165) is 32.5 Å². The van der Waals surface area contributed by atoms with Crippen molar-refractivity contribution in [2.24, 2.45) is 0 Å². The van der Waals surface area contributed by atoms with E-state index < -0.39 is 0 Å². The summed E-state index contributed by atoms with van der Waals surface area (Å²) >= 11 is 0. The summed E-state index contributed by atoms with van der Waals surface area (Å²) in [6, 6.07) is 0.367. The van der Waals surface area contributed by atoms with Crippen LogP contribution in [0.1, 0.15) is 32.6 Å². The van der Waals surface area contributed by atoms with Gasteiger partial charge in [-0.15, -0.1) is 0 Å². The van der Waals surface area contributed by atoms with Crippen molar-refractivity contribution in [3.05, 3.63) is 18.7 Å². The van der Waals surface area contributed by atoms with Crippen LogP contribution in [0.25, 0.3) is 0 Å². The number of aliphatic hydroxyl groups is 1. The van der Waals surface area contributed by atoms with Gasteiger partial charge in [-0.1, -0.05) is 6.42 Å². The monoisotopic (exact) mass is 237 g/mol. The van der Waals surface area contributed by atoms with Gasteiger partial charge < -0.3 is 9.67 Å². The Labute approximate surface area is 103 Å². The molecule has 0 saturated carbocycles. The second-order valence-corrected chi connectivity index (χ2v) is 4.99. The summed E-state index contributed by atoms with van der Waals surface area (Å²) in [5.41, 5.74) is 0. The molecule has 1 aliphatic rings. The summed E-state index contributed by atoms with van der Waals surface area (Å²) in [6.45, 7) is 5.15. The highest BCUT2D eigenvalue weighted by Crippen LogP contribution is 2.19. The number of aromatic nitrogens is 2. The molecule has 2 atom stereocenters. The molecule has 1 aliphatic heterocycles. The maximum Gasteiger partial charge on any atom is 0.0945 e. The van der Waals surface area contributed by atoms with E-state index >= 15 is 0 Å². The number of rotatable bonds is 5. The highest BCUT2D eigenvalue weighted by Gasteiger charge is 2.25. The smallest absolute Gasteiger partial charge is 0.0945 e. The maximum atomic E-state index is 9.77. The van der Waals surface area contributed by atoms with Crippen molar-refractivity contribution in [2.45, 2.75) is 51.3 Å². The van der Waals surface area contributed by atoms with Crippen molar-refractivity contribution in [1.82, 2.24) is 14.5 Å². The lowest BCUT2D eigenvalue weighted by Crippen LogP contribution is -2.46. The predicted octanol–water partition coefficient (Wildman–Crippen LogP) is 1.51. The molecule has 0 bridgehead atoms. The molecule has 0 aromatic carbocycles. The molecule has 1 fully saturated rings. The second kappa shape index (κ2) is 6.17.